The van der Waals surface area contributed by atoms with Crippen molar-refractivity contribution in [1.29, 1.82) is 0 Å². The highest BCUT2D eigenvalue weighted by Crippen LogP contribution is 2.41. The molecule has 0 N–H and O–H groups in total. The van der Waals surface area contributed by atoms with Crippen molar-refractivity contribution in [3.63, 3.8) is 0 Å². The minimum absolute atomic E-state index is 0.172. The van der Waals surface area contributed by atoms with Crippen LogP contribution >= 0.6 is 0 Å². The van der Waals surface area contributed by atoms with Crippen LogP contribution in [0.3, 0.4) is 0 Å². The SMILES string of the molecule is CC(C)N(C(=O)[C@@]1(C)[CH]CC1)C(C)C. The molecule has 0 aromatic carbocycles. The van der Waals surface area contributed by atoms with Crippen LogP contribution < -0.4 is 0 Å². The van der Waals surface area contributed by atoms with Crippen molar-refractivity contribution in [2.75, 3.05) is 0 Å². The predicted molar refractivity (Wildman–Crippen MR) is 58.8 cm³/mol. The van der Waals surface area contributed by atoms with Crippen LogP contribution in [0.5, 0.6) is 0 Å². The number of carbonyl (C=O) groups is 1. The smallest absolute Gasteiger partial charge is 0.229 e. The molecule has 0 aliphatic heterocycles. The molecule has 1 aliphatic carbocycles. The summed E-state index contributed by atoms with van der Waals surface area (Å²) in [5.74, 6) is 0.300. The van der Waals surface area contributed by atoms with E-state index in [2.05, 4.69) is 41.0 Å². The Bertz CT molecular complexity index is 208. The van der Waals surface area contributed by atoms with Gasteiger partial charge in [-0.1, -0.05) is 6.92 Å². The largest absolute Gasteiger partial charge is 0.337 e. The molecular weight excluding hydrogens is 174 g/mol. The Balaban J connectivity index is 2.73. The second kappa shape index (κ2) is 3.92. The molecule has 0 unspecified atom stereocenters. The zero-order valence-corrected chi connectivity index (χ0v) is 10.0. The van der Waals surface area contributed by atoms with Gasteiger partial charge in [0.1, 0.15) is 0 Å². The maximum Gasteiger partial charge on any atom is 0.229 e. The summed E-state index contributed by atoms with van der Waals surface area (Å²) in [6.07, 6.45) is 4.25. The Morgan fingerprint density at radius 3 is 1.93 bits per heavy atom. The average molecular weight is 196 g/mol. The van der Waals surface area contributed by atoms with Gasteiger partial charge >= 0.3 is 0 Å². The lowest BCUT2D eigenvalue weighted by atomic mass is 9.69. The van der Waals surface area contributed by atoms with Crippen LogP contribution in [0.2, 0.25) is 0 Å². The van der Waals surface area contributed by atoms with Gasteiger partial charge in [-0.25, -0.2) is 0 Å². The number of hydrogen-bond donors (Lipinski definition) is 0. The van der Waals surface area contributed by atoms with Gasteiger partial charge in [0, 0.05) is 17.5 Å². The fraction of sp³-hybridized carbons (Fsp3) is 0.833. The standard InChI is InChI=1S/C12H22NO/c1-9(2)13(10(3)4)11(14)12(5)7-6-8-12/h7,9-10H,6,8H2,1-5H3/t12-/m0/s1. The molecule has 1 rings (SSSR count). The van der Waals surface area contributed by atoms with Crippen LogP contribution in [0, 0.1) is 11.8 Å². The number of nitrogens with zero attached hydrogens (tertiary/aromatic N) is 1. The van der Waals surface area contributed by atoms with E-state index in [0.29, 0.717) is 18.0 Å². The second-order valence-electron chi connectivity index (χ2n) is 5.06. The van der Waals surface area contributed by atoms with Gasteiger partial charge in [-0.3, -0.25) is 4.79 Å². The molecule has 1 radical (unpaired) electrons. The highest BCUT2D eigenvalue weighted by atomic mass is 16.2. The molecule has 1 aliphatic rings. The summed E-state index contributed by atoms with van der Waals surface area (Å²) in [5, 5.41) is 0. The Morgan fingerprint density at radius 1 is 1.29 bits per heavy atom. The summed E-state index contributed by atoms with van der Waals surface area (Å²) < 4.78 is 0. The first-order valence-electron chi connectivity index (χ1n) is 5.55. The molecule has 0 bridgehead atoms. The Kier molecular flexibility index (Phi) is 3.23. The van der Waals surface area contributed by atoms with E-state index in [-0.39, 0.29) is 5.41 Å². The topological polar surface area (TPSA) is 20.3 Å². The molecule has 0 saturated heterocycles. The third-order valence-corrected chi connectivity index (χ3v) is 3.09. The Morgan fingerprint density at radius 2 is 1.71 bits per heavy atom. The molecule has 14 heavy (non-hydrogen) atoms. The normalized spacial score (nSPS) is 19.6. The first-order chi connectivity index (χ1) is 6.38. The Labute approximate surface area is 87.7 Å². The van der Waals surface area contributed by atoms with Gasteiger partial charge in [0.05, 0.1) is 0 Å². The van der Waals surface area contributed by atoms with E-state index in [1.165, 1.54) is 0 Å². The van der Waals surface area contributed by atoms with Crippen molar-refractivity contribution in [2.24, 2.45) is 5.41 Å². The molecule has 0 aromatic heterocycles. The molecule has 2 heteroatoms. The lowest BCUT2D eigenvalue weighted by Crippen LogP contribution is -2.51. The minimum Gasteiger partial charge on any atom is -0.337 e. The summed E-state index contributed by atoms with van der Waals surface area (Å²) >= 11 is 0. The highest BCUT2D eigenvalue weighted by molar-refractivity contribution is 5.85. The van der Waals surface area contributed by atoms with E-state index in [9.17, 15) is 4.79 Å². The maximum atomic E-state index is 12.2. The van der Waals surface area contributed by atoms with Crippen molar-refractivity contribution in [3.8, 4) is 0 Å². The number of hydrogen-bond acceptors (Lipinski definition) is 1. The van der Waals surface area contributed by atoms with Crippen LogP contribution in [0.25, 0.3) is 0 Å². The first kappa shape index (κ1) is 11.5. The number of amides is 1. The molecule has 2 nitrogen and oxygen atoms in total. The van der Waals surface area contributed by atoms with Gasteiger partial charge in [0.15, 0.2) is 0 Å². The summed E-state index contributed by atoms with van der Waals surface area (Å²) in [4.78, 5) is 14.2. The van der Waals surface area contributed by atoms with E-state index < -0.39 is 0 Å². The molecule has 0 heterocycles. The third-order valence-electron chi connectivity index (χ3n) is 3.09. The van der Waals surface area contributed by atoms with Crippen molar-refractivity contribution < 1.29 is 4.79 Å². The summed E-state index contributed by atoms with van der Waals surface area (Å²) in [6, 6.07) is 0.599. The van der Waals surface area contributed by atoms with E-state index >= 15 is 0 Å². The molecule has 1 fully saturated rings. The molecule has 1 atom stereocenters. The van der Waals surface area contributed by atoms with Gasteiger partial charge in [-0.05, 0) is 47.0 Å². The number of rotatable bonds is 3. The molecule has 81 valence electrons. The van der Waals surface area contributed by atoms with Gasteiger partial charge in [-0.2, -0.15) is 0 Å². The lowest BCUT2D eigenvalue weighted by molar-refractivity contribution is -0.146. The van der Waals surface area contributed by atoms with Crippen molar-refractivity contribution >= 4 is 5.91 Å². The summed E-state index contributed by atoms with van der Waals surface area (Å²) in [6.45, 7) is 10.4. The monoisotopic (exact) mass is 196 g/mol. The van der Waals surface area contributed by atoms with Gasteiger partial charge in [0.25, 0.3) is 0 Å². The summed E-state index contributed by atoms with van der Waals surface area (Å²) in [5.41, 5.74) is -0.172. The van der Waals surface area contributed by atoms with Crippen molar-refractivity contribution in [3.05, 3.63) is 6.42 Å². The van der Waals surface area contributed by atoms with E-state index in [1.807, 2.05) is 4.90 Å². The highest BCUT2D eigenvalue weighted by Gasteiger charge is 2.43. The first-order valence-corrected chi connectivity index (χ1v) is 5.55. The zero-order chi connectivity index (χ0) is 10.9. The van der Waals surface area contributed by atoms with Crippen LogP contribution in [0.4, 0.5) is 0 Å². The average Bonchev–Trinajstić information content (AvgIpc) is 1.98. The van der Waals surface area contributed by atoms with Crippen LogP contribution in [-0.2, 0) is 4.79 Å². The quantitative estimate of drug-likeness (QED) is 0.679. The summed E-state index contributed by atoms with van der Waals surface area (Å²) in [7, 11) is 0. The van der Waals surface area contributed by atoms with Crippen molar-refractivity contribution in [1.82, 2.24) is 4.90 Å². The van der Waals surface area contributed by atoms with Crippen molar-refractivity contribution in [2.45, 2.75) is 59.5 Å². The zero-order valence-electron chi connectivity index (χ0n) is 10.0. The maximum absolute atomic E-state index is 12.2. The molecule has 0 aromatic rings. The molecule has 1 saturated carbocycles. The van der Waals surface area contributed by atoms with Gasteiger partial charge < -0.3 is 4.90 Å². The molecule has 0 spiro atoms. The van der Waals surface area contributed by atoms with Crippen LogP contribution in [-0.4, -0.2) is 22.9 Å². The van der Waals surface area contributed by atoms with E-state index in [4.69, 9.17) is 0 Å². The fourth-order valence-corrected chi connectivity index (χ4v) is 2.13. The van der Waals surface area contributed by atoms with Crippen LogP contribution in [0.1, 0.15) is 47.5 Å². The van der Waals surface area contributed by atoms with Crippen LogP contribution in [0.15, 0.2) is 0 Å². The van der Waals surface area contributed by atoms with Gasteiger partial charge in [-0.15, -0.1) is 0 Å². The predicted octanol–water partition coefficient (Wildman–Crippen LogP) is 2.64. The second-order valence-corrected chi connectivity index (χ2v) is 5.06. The minimum atomic E-state index is -0.172. The molecule has 1 amide bonds. The van der Waals surface area contributed by atoms with Gasteiger partial charge in [0.2, 0.25) is 5.91 Å². The van der Waals surface area contributed by atoms with E-state index in [0.717, 1.165) is 12.8 Å². The van der Waals surface area contributed by atoms with E-state index in [1.54, 1.807) is 0 Å². The Hall–Kier alpha value is -0.530. The third kappa shape index (κ3) is 1.94. The fourth-order valence-electron chi connectivity index (χ4n) is 2.13. The number of carbonyl (C=O) groups excluding carboxylic acids is 1. The lowest BCUT2D eigenvalue weighted by Gasteiger charge is -2.43. The molecular formula is C12H22NO.